The summed E-state index contributed by atoms with van der Waals surface area (Å²) in [4.78, 5) is 12.4. The van der Waals surface area contributed by atoms with Crippen LogP contribution in [0.2, 0.25) is 0 Å². The zero-order valence-corrected chi connectivity index (χ0v) is 17.0. The highest BCUT2D eigenvalue weighted by Gasteiger charge is 2.41. The van der Waals surface area contributed by atoms with Crippen molar-refractivity contribution < 1.29 is 33.6 Å². The molecule has 1 N–H and O–H groups in total. The number of rotatable bonds is 8. The lowest BCUT2D eigenvalue weighted by molar-refractivity contribution is -0.141. The topological polar surface area (TPSA) is 83.5 Å². The van der Waals surface area contributed by atoms with Crippen molar-refractivity contribution in [3.05, 3.63) is 47.5 Å². The Labute approximate surface area is 170 Å². The summed E-state index contributed by atoms with van der Waals surface area (Å²) in [5.41, 5.74) is 1.54. The molecule has 29 heavy (non-hydrogen) atoms. The van der Waals surface area contributed by atoms with Crippen LogP contribution in [0.25, 0.3) is 0 Å². The Bertz CT molecular complexity index is 864. The van der Waals surface area contributed by atoms with E-state index in [0.717, 1.165) is 5.56 Å². The molecule has 0 aliphatic carbocycles. The smallest absolute Gasteiger partial charge is 0.309 e. The van der Waals surface area contributed by atoms with Gasteiger partial charge in [0.2, 0.25) is 0 Å². The number of aliphatic hydroxyl groups excluding tert-OH is 1. The van der Waals surface area contributed by atoms with E-state index in [4.69, 9.17) is 23.7 Å². The van der Waals surface area contributed by atoms with Crippen molar-refractivity contribution in [2.45, 2.75) is 12.5 Å². The van der Waals surface area contributed by atoms with E-state index in [1.807, 2.05) is 12.1 Å². The van der Waals surface area contributed by atoms with Crippen LogP contribution in [0.5, 0.6) is 23.0 Å². The number of hydrogen-bond acceptors (Lipinski definition) is 7. The fourth-order valence-corrected chi connectivity index (χ4v) is 3.67. The van der Waals surface area contributed by atoms with Crippen LogP contribution in [0.3, 0.4) is 0 Å². The molecule has 0 radical (unpaired) electrons. The van der Waals surface area contributed by atoms with Crippen LogP contribution < -0.4 is 18.9 Å². The third kappa shape index (κ3) is 4.24. The van der Waals surface area contributed by atoms with Crippen molar-refractivity contribution in [3.63, 3.8) is 0 Å². The van der Waals surface area contributed by atoms with Crippen LogP contribution in [0.1, 0.15) is 17.2 Å². The predicted octanol–water partition coefficient (Wildman–Crippen LogP) is 2.79. The van der Waals surface area contributed by atoms with Gasteiger partial charge in [0.25, 0.3) is 0 Å². The van der Waals surface area contributed by atoms with Gasteiger partial charge >= 0.3 is 5.97 Å². The third-order valence-corrected chi connectivity index (χ3v) is 5.30. The molecule has 1 heterocycles. The lowest BCUT2D eigenvalue weighted by Gasteiger charge is -2.22. The van der Waals surface area contributed by atoms with Crippen LogP contribution in [0.15, 0.2) is 36.4 Å². The van der Waals surface area contributed by atoms with E-state index < -0.39 is 12.0 Å². The van der Waals surface area contributed by atoms with Crippen molar-refractivity contribution in [1.82, 2.24) is 0 Å². The molecule has 1 aliphatic heterocycles. The van der Waals surface area contributed by atoms with Gasteiger partial charge in [-0.15, -0.1) is 0 Å². The second kappa shape index (κ2) is 9.05. The van der Waals surface area contributed by atoms with Crippen molar-refractivity contribution in [2.75, 3.05) is 35.0 Å². The fraction of sp³-hybridized carbons (Fsp3) is 0.409. The van der Waals surface area contributed by atoms with Gasteiger partial charge in [-0.3, -0.25) is 4.79 Å². The van der Waals surface area contributed by atoms with Gasteiger partial charge in [0.15, 0.2) is 23.0 Å². The largest absolute Gasteiger partial charge is 0.493 e. The molecule has 1 unspecified atom stereocenters. The Morgan fingerprint density at radius 2 is 1.52 bits per heavy atom. The predicted molar refractivity (Wildman–Crippen MR) is 106 cm³/mol. The Hall–Kier alpha value is -2.93. The van der Waals surface area contributed by atoms with Crippen LogP contribution in [0.4, 0.5) is 0 Å². The Morgan fingerprint density at radius 3 is 2.14 bits per heavy atom. The quantitative estimate of drug-likeness (QED) is 0.680. The first kappa shape index (κ1) is 20.8. The monoisotopic (exact) mass is 402 g/mol. The maximum absolute atomic E-state index is 12.4. The normalized spacial score (nSPS) is 19.4. The summed E-state index contributed by atoms with van der Waals surface area (Å²) >= 11 is 0. The molecular weight excluding hydrogens is 376 g/mol. The molecule has 0 spiro atoms. The number of aliphatic hydroxyl groups is 1. The molecule has 1 saturated heterocycles. The summed E-state index contributed by atoms with van der Waals surface area (Å²) < 4.78 is 26.5. The SMILES string of the molecule is COc1ccc(C[C@H]2C(=O)OC[C@@H]2C(O)c2ccc(OC)c(OC)c2)cc1OC. The highest BCUT2D eigenvalue weighted by Crippen LogP contribution is 2.39. The third-order valence-electron chi connectivity index (χ3n) is 5.30. The molecule has 3 rings (SSSR count). The van der Waals surface area contributed by atoms with E-state index >= 15 is 0 Å². The maximum atomic E-state index is 12.4. The first-order valence-electron chi connectivity index (χ1n) is 9.29. The minimum absolute atomic E-state index is 0.159. The van der Waals surface area contributed by atoms with Crippen LogP contribution in [-0.4, -0.2) is 46.1 Å². The number of hydrogen-bond donors (Lipinski definition) is 1. The minimum Gasteiger partial charge on any atom is -0.493 e. The number of methoxy groups -OCH3 is 4. The van der Waals surface area contributed by atoms with E-state index in [9.17, 15) is 9.90 Å². The summed E-state index contributed by atoms with van der Waals surface area (Å²) in [7, 11) is 6.23. The van der Waals surface area contributed by atoms with Gasteiger partial charge in [0.1, 0.15) is 0 Å². The summed E-state index contributed by atoms with van der Waals surface area (Å²) in [5, 5.41) is 11.0. The van der Waals surface area contributed by atoms with Gasteiger partial charge in [-0.05, 0) is 41.8 Å². The molecule has 3 atom stereocenters. The highest BCUT2D eigenvalue weighted by atomic mass is 16.5. The molecule has 2 aromatic rings. The van der Waals surface area contributed by atoms with Crippen molar-refractivity contribution in [1.29, 1.82) is 0 Å². The molecule has 156 valence electrons. The van der Waals surface area contributed by atoms with Gasteiger partial charge in [0, 0.05) is 5.92 Å². The zero-order valence-electron chi connectivity index (χ0n) is 17.0. The summed E-state index contributed by atoms with van der Waals surface area (Å²) in [5.74, 6) is 1.13. The van der Waals surface area contributed by atoms with Crippen molar-refractivity contribution in [2.24, 2.45) is 11.8 Å². The first-order valence-corrected chi connectivity index (χ1v) is 9.29. The average Bonchev–Trinajstić information content (AvgIpc) is 3.12. The number of carbonyl (C=O) groups is 1. The molecular formula is C22H26O7. The number of benzene rings is 2. The van der Waals surface area contributed by atoms with Gasteiger partial charge in [-0.2, -0.15) is 0 Å². The average molecular weight is 402 g/mol. The summed E-state index contributed by atoms with van der Waals surface area (Å²) in [6.45, 7) is 0.159. The molecule has 1 aliphatic rings. The summed E-state index contributed by atoms with van der Waals surface area (Å²) in [6, 6.07) is 10.7. The second-order valence-corrected chi connectivity index (χ2v) is 6.85. The highest BCUT2D eigenvalue weighted by molar-refractivity contribution is 5.75. The fourth-order valence-electron chi connectivity index (χ4n) is 3.67. The van der Waals surface area contributed by atoms with E-state index in [0.29, 0.717) is 35.0 Å². The molecule has 1 fully saturated rings. The van der Waals surface area contributed by atoms with Gasteiger partial charge in [-0.25, -0.2) is 0 Å². The molecule has 7 nitrogen and oxygen atoms in total. The van der Waals surface area contributed by atoms with Crippen LogP contribution in [-0.2, 0) is 16.0 Å². The van der Waals surface area contributed by atoms with Crippen molar-refractivity contribution >= 4 is 5.97 Å². The number of cyclic esters (lactones) is 1. The molecule has 0 amide bonds. The second-order valence-electron chi connectivity index (χ2n) is 6.85. The van der Waals surface area contributed by atoms with Crippen molar-refractivity contribution in [3.8, 4) is 23.0 Å². The summed E-state index contributed by atoms with van der Waals surface area (Å²) in [6.07, 6.45) is -0.458. The molecule has 2 aromatic carbocycles. The number of esters is 1. The minimum atomic E-state index is -0.883. The molecule has 7 heteroatoms. The Morgan fingerprint density at radius 1 is 0.931 bits per heavy atom. The lowest BCUT2D eigenvalue weighted by atomic mass is 9.83. The molecule has 0 saturated carbocycles. The van der Waals surface area contributed by atoms with Crippen LogP contribution >= 0.6 is 0 Å². The van der Waals surface area contributed by atoms with Gasteiger partial charge in [-0.1, -0.05) is 12.1 Å². The first-order chi connectivity index (χ1) is 14.0. The van der Waals surface area contributed by atoms with E-state index in [1.54, 1.807) is 45.6 Å². The van der Waals surface area contributed by atoms with Gasteiger partial charge in [0.05, 0.1) is 47.1 Å². The maximum Gasteiger partial charge on any atom is 0.309 e. The van der Waals surface area contributed by atoms with Gasteiger partial charge < -0.3 is 28.8 Å². The standard InChI is InChI=1S/C22H26O7/c1-25-17-7-5-13(10-19(17)27-3)9-15-16(12-29-22(15)24)21(23)14-6-8-18(26-2)20(11-14)28-4/h5-8,10-11,15-16,21,23H,9,12H2,1-4H3/t15-,16+,21?/m1/s1. The van der Waals surface area contributed by atoms with E-state index in [-0.39, 0.29) is 18.5 Å². The number of carbonyl (C=O) groups excluding carboxylic acids is 1. The number of ether oxygens (including phenoxy) is 5. The zero-order chi connectivity index (χ0) is 21.0. The van der Waals surface area contributed by atoms with Crippen LogP contribution in [0, 0.1) is 11.8 Å². The Balaban J connectivity index is 1.83. The van der Waals surface area contributed by atoms with E-state index in [2.05, 4.69) is 0 Å². The lowest BCUT2D eigenvalue weighted by Crippen LogP contribution is -2.24. The van der Waals surface area contributed by atoms with E-state index in [1.165, 1.54) is 7.11 Å². The molecule has 0 bridgehead atoms. The Kier molecular flexibility index (Phi) is 6.49. The molecule has 0 aromatic heterocycles.